The normalized spacial score (nSPS) is 11.1. The summed E-state index contributed by atoms with van der Waals surface area (Å²) in [5, 5.41) is 0. The van der Waals surface area contributed by atoms with E-state index in [1.807, 2.05) is 31.2 Å². The van der Waals surface area contributed by atoms with Crippen LogP contribution in [-0.2, 0) is 21.4 Å². The van der Waals surface area contributed by atoms with Crippen molar-refractivity contribution in [2.24, 2.45) is 0 Å². The lowest BCUT2D eigenvalue weighted by molar-refractivity contribution is -0.130. The van der Waals surface area contributed by atoms with Gasteiger partial charge in [-0.05, 0) is 37.3 Å². The molecule has 2 rings (SSSR count). The molecule has 0 atom stereocenters. The van der Waals surface area contributed by atoms with Crippen molar-refractivity contribution in [3.8, 4) is 11.5 Å². The van der Waals surface area contributed by atoms with Gasteiger partial charge in [0.05, 0.1) is 18.6 Å². The smallest absolute Gasteiger partial charge is 0.240 e. The van der Waals surface area contributed by atoms with Gasteiger partial charge >= 0.3 is 0 Å². The molecular weight excluding hydrogens is 380 g/mol. The summed E-state index contributed by atoms with van der Waals surface area (Å²) in [7, 11) is -0.423. The highest BCUT2D eigenvalue weighted by atomic mass is 32.2. The monoisotopic (exact) mass is 406 g/mol. The molecule has 152 valence electrons. The van der Waals surface area contributed by atoms with E-state index in [4.69, 9.17) is 9.47 Å². The average molecular weight is 407 g/mol. The molecule has 2 aromatic carbocycles. The molecule has 0 aromatic heterocycles. The zero-order valence-electron chi connectivity index (χ0n) is 16.3. The van der Waals surface area contributed by atoms with E-state index in [1.54, 1.807) is 31.2 Å². The average Bonchev–Trinajstić information content (AvgIpc) is 2.69. The summed E-state index contributed by atoms with van der Waals surface area (Å²) in [6, 6.07) is 13.6. The second-order valence-corrected chi connectivity index (χ2v) is 7.88. The minimum atomic E-state index is -3.68. The van der Waals surface area contributed by atoms with Gasteiger partial charge in [0.2, 0.25) is 15.9 Å². The van der Waals surface area contributed by atoms with Crippen LogP contribution in [0.15, 0.2) is 53.4 Å². The molecule has 0 aliphatic heterocycles. The van der Waals surface area contributed by atoms with Gasteiger partial charge in [-0.2, -0.15) is 0 Å². The summed E-state index contributed by atoms with van der Waals surface area (Å²) in [5.41, 5.74) is 0.885. The van der Waals surface area contributed by atoms with Gasteiger partial charge in [-0.15, -0.1) is 0 Å². The number of carbonyl (C=O) groups is 1. The number of methoxy groups -OCH3 is 1. The fraction of sp³-hybridized carbons (Fsp3) is 0.350. The van der Waals surface area contributed by atoms with Crippen LogP contribution in [0.4, 0.5) is 0 Å². The second kappa shape index (κ2) is 10.1. The number of sulfonamides is 1. The van der Waals surface area contributed by atoms with E-state index < -0.39 is 10.0 Å². The molecule has 8 heteroatoms. The van der Waals surface area contributed by atoms with Crippen molar-refractivity contribution in [1.82, 2.24) is 9.62 Å². The predicted molar refractivity (Wildman–Crippen MR) is 107 cm³/mol. The molecule has 0 radical (unpaired) electrons. The minimum absolute atomic E-state index is 0.0185. The quantitative estimate of drug-likeness (QED) is 0.655. The number of nitrogens with one attached hydrogen (secondary N) is 1. The topological polar surface area (TPSA) is 84.9 Å². The van der Waals surface area contributed by atoms with Crippen molar-refractivity contribution < 1.29 is 22.7 Å². The summed E-state index contributed by atoms with van der Waals surface area (Å²) in [6.07, 6.45) is 0.0574. The third kappa shape index (κ3) is 5.97. The van der Waals surface area contributed by atoms with E-state index in [0.29, 0.717) is 24.7 Å². The molecule has 2 aromatic rings. The van der Waals surface area contributed by atoms with Crippen molar-refractivity contribution in [1.29, 1.82) is 0 Å². The van der Waals surface area contributed by atoms with E-state index in [0.717, 1.165) is 5.56 Å². The molecule has 0 unspecified atom stereocenters. The summed E-state index contributed by atoms with van der Waals surface area (Å²) in [5.74, 6) is 1.15. The van der Waals surface area contributed by atoms with E-state index in [-0.39, 0.29) is 23.8 Å². The van der Waals surface area contributed by atoms with Crippen molar-refractivity contribution in [3.63, 3.8) is 0 Å². The van der Waals surface area contributed by atoms with Crippen molar-refractivity contribution in [2.75, 3.05) is 27.3 Å². The van der Waals surface area contributed by atoms with Crippen molar-refractivity contribution in [2.45, 2.75) is 24.8 Å². The number of nitrogens with zero attached hydrogens (tertiary/aromatic N) is 1. The van der Waals surface area contributed by atoms with E-state index >= 15 is 0 Å². The van der Waals surface area contributed by atoms with E-state index in [1.165, 1.54) is 12.1 Å². The lowest BCUT2D eigenvalue weighted by Gasteiger charge is -2.19. The van der Waals surface area contributed by atoms with Gasteiger partial charge < -0.3 is 14.4 Å². The molecule has 0 heterocycles. The maximum atomic E-state index is 12.3. The first kappa shape index (κ1) is 21.7. The Kier molecular flexibility index (Phi) is 7.83. The van der Waals surface area contributed by atoms with Gasteiger partial charge in [-0.1, -0.05) is 18.2 Å². The Hall–Kier alpha value is -2.58. The molecule has 1 amide bonds. The first-order valence-electron chi connectivity index (χ1n) is 8.95. The second-order valence-electron chi connectivity index (χ2n) is 6.11. The molecule has 0 spiro atoms. The summed E-state index contributed by atoms with van der Waals surface area (Å²) in [6.45, 7) is 2.77. The van der Waals surface area contributed by atoms with Crippen LogP contribution in [0, 0.1) is 0 Å². The fourth-order valence-electron chi connectivity index (χ4n) is 2.63. The maximum Gasteiger partial charge on any atom is 0.240 e. The lowest BCUT2D eigenvalue weighted by Crippen LogP contribution is -2.32. The molecule has 0 saturated heterocycles. The summed E-state index contributed by atoms with van der Waals surface area (Å²) in [4.78, 5) is 14.0. The third-order valence-corrected chi connectivity index (χ3v) is 5.58. The van der Waals surface area contributed by atoms with Crippen LogP contribution >= 0.6 is 0 Å². The van der Waals surface area contributed by atoms with Gasteiger partial charge in [0.15, 0.2) is 0 Å². The number of amides is 1. The Morgan fingerprint density at radius 3 is 2.43 bits per heavy atom. The molecule has 0 fully saturated rings. The number of benzene rings is 2. The lowest BCUT2D eigenvalue weighted by atomic mass is 10.2. The molecule has 28 heavy (non-hydrogen) atoms. The number of para-hydroxylation sites is 1. The van der Waals surface area contributed by atoms with Crippen LogP contribution in [0.1, 0.15) is 18.9 Å². The molecule has 7 nitrogen and oxygen atoms in total. The first-order valence-corrected chi connectivity index (χ1v) is 10.4. The number of carbonyl (C=O) groups excluding carboxylic acids is 1. The van der Waals surface area contributed by atoms with Gasteiger partial charge in [-0.3, -0.25) is 4.79 Å². The van der Waals surface area contributed by atoms with Gasteiger partial charge in [0.25, 0.3) is 0 Å². The largest absolute Gasteiger partial charge is 0.496 e. The minimum Gasteiger partial charge on any atom is -0.496 e. The number of hydrogen-bond acceptors (Lipinski definition) is 5. The number of hydrogen-bond donors (Lipinski definition) is 1. The summed E-state index contributed by atoms with van der Waals surface area (Å²) < 4.78 is 37.7. The molecule has 0 aliphatic rings. The van der Waals surface area contributed by atoms with Crippen LogP contribution in [-0.4, -0.2) is 46.5 Å². The Balaban J connectivity index is 1.88. The highest BCUT2D eigenvalue weighted by molar-refractivity contribution is 7.89. The van der Waals surface area contributed by atoms with E-state index in [2.05, 4.69) is 4.72 Å². The molecular formula is C20H26N2O5S. The van der Waals surface area contributed by atoms with Crippen LogP contribution in [0.5, 0.6) is 11.5 Å². The van der Waals surface area contributed by atoms with E-state index in [9.17, 15) is 13.2 Å². The van der Waals surface area contributed by atoms with Crippen LogP contribution in [0.25, 0.3) is 0 Å². The van der Waals surface area contributed by atoms with Crippen molar-refractivity contribution >= 4 is 15.9 Å². The Morgan fingerprint density at radius 1 is 1.11 bits per heavy atom. The number of rotatable bonds is 10. The third-order valence-electron chi connectivity index (χ3n) is 4.10. The van der Waals surface area contributed by atoms with Crippen LogP contribution in [0.2, 0.25) is 0 Å². The van der Waals surface area contributed by atoms with Gasteiger partial charge in [0.1, 0.15) is 11.5 Å². The standard InChI is InChI=1S/C20H26N2O5S/c1-4-27-17-9-11-18(12-10-17)28(24,25)21-14-13-20(23)22(2)15-16-7-5-6-8-19(16)26-3/h5-12,21H,4,13-15H2,1-3H3. The molecule has 1 N–H and O–H groups in total. The Morgan fingerprint density at radius 2 is 1.79 bits per heavy atom. The molecule has 0 aliphatic carbocycles. The Labute approximate surface area is 166 Å². The Bertz CT molecular complexity index is 882. The fourth-order valence-corrected chi connectivity index (χ4v) is 3.66. The maximum absolute atomic E-state index is 12.3. The van der Waals surface area contributed by atoms with Crippen LogP contribution in [0.3, 0.4) is 0 Å². The first-order chi connectivity index (χ1) is 13.4. The molecule has 0 bridgehead atoms. The van der Waals surface area contributed by atoms with Gasteiger partial charge in [-0.25, -0.2) is 13.1 Å². The highest BCUT2D eigenvalue weighted by Gasteiger charge is 2.16. The zero-order valence-corrected chi connectivity index (χ0v) is 17.2. The van der Waals surface area contributed by atoms with Crippen LogP contribution < -0.4 is 14.2 Å². The zero-order chi connectivity index (χ0) is 20.6. The summed E-state index contributed by atoms with van der Waals surface area (Å²) >= 11 is 0. The SMILES string of the molecule is CCOc1ccc(S(=O)(=O)NCCC(=O)N(C)Cc2ccccc2OC)cc1. The van der Waals surface area contributed by atoms with Crippen molar-refractivity contribution in [3.05, 3.63) is 54.1 Å². The molecule has 0 saturated carbocycles. The van der Waals surface area contributed by atoms with Gasteiger partial charge in [0, 0.05) is 32.1 Å². The number of ether oxygens (including phenoxy) is 2. The predicted octanol–water partition coefficient (Wildman–Crippen LogP) is 2.42. The highest BCUT2D eigenvalue weighted by Crippen LogP contribution is 2.19.